The number of rotatable bonds is 4. The van der Waals surface area contributed by atoms with Crippen molar-refractivity contribution in [2.45, 2.75) is 19.3 Å². The summed E-state index contributed by atoms with van der Waals surface area (Å²) in [5.41, 5.74) is 16.4. The molecule has 0 bridgehead atoms. The molecule has 0 amide bonds. The summed E-state index contributed by atoms with van der Waals surface area (Å²) in [5.74, 6) is 0.731. The summed E-state index contributed by atoms with van der Waals surface area (Å²) in [7, 11) is 0. The van der Waals surface area contributed by atoms with Gasteiger partial charge in [-0.15, -0.1) is 0 Å². The van der Waals surface area contributed by atoms with Crippen LogP contribution in [0.15, 0.2) is 164 Å². The number of nitrogens with zero attached hydrogens (tertiary/aromatic N) is 3. The van der Waals surface area contributed by atoms with Gasteiger partial charge < -0.3 is 4.40 Å². The number of hydrogen-bond donors (Lipinski definition) is 0. The molecule has 7 aromatic carbocycles. The average molecular weight is 664 g/mol. The van der Waals surface area contributed by atoms with Crippen molar-refractivity contribution in [3.05, 3.63) is 175 Å². The van der Waals surface area contributed by atoms with Crippen molar-refractivity contribution >= 4 is 38.1 Å². The SMILES string of the molecule is CC1(C)c2c(-c3cc4c5ccccc5n5c6ccccc6c(c3)c45)cccc2-c2cccc(-c3cc(-c4ccccc4)nc(-c4ccccc4)n3)c21. The van der Waals surface area contributed by atoms with Gasteiger partial charge in [-0.05, 0) is 63.7 Å². The molecule has 3 aromatic heterocycles. The lowest BCUT2D eigenvalue weighted by molar-refractivity contribution is 0.663. The van der Waals surface area contributed by atoms with Gasteiger partial charge in [0.15, 0.2) is 5.82 Å². The Morgan fingerprint density at radius 3 is 1.54 bits per heavy atom. The minimum absolute atomic E-state index is 0.302. The minimum atomic E-state index is -0.302. The summed E-state index contributed by atoms with van der Waals surface area (Å²) >= 11 is 0. The van der Waals surface area contributed by atoms with E-state index in [1.807, 2.05) is 12.1 Å². The maximum Gasteiger partial charge on any atom is 0.160 e. The van der Waals surface area contributed by atoms with Crippen LogP contribution in [0.5, 0.6) is 0 Å². The Morgan fingerprint density at radius 2 is 0.904 bits per heavy atom. The highest BCUT2D eigenvalue weighted by molar-refractivity contribution is 6.24. The molecule has 1 aliphatic carbocycles. The molecule has 3 nitrogen and oxygen atoms in total. The van der Waals surface area contributed by atoms with Gasteiger partial charge >= 0.3 is 0 Å². The van der Waals surface area contributed by atoms with Gasteiger partial charge in [0.2, 0.25) is 0 Å². The fourth-order valence-corrected chi connectivity index (χ4v) is 9.14. The zero-order valence-corrected chi connectivity index (χ0v) is 28.9. The van der Waals surface area contributed by atoms with E-state index in [1.165, 1.54) is 71.5 Å². The molecule has 0 unspecified atom stereocenters. The lowest BCUT2D eigenvalue weighted by atomic mass is 9.76. The first-order valence-electron chi connectivity index (χ1n) is 18.0. The number of para-hydroxylation sites is 2. The number of benzene rings is 7. The van der Waals surface area contributed by atoms with Gasteiger partial charge in [-0.1, -0.05) is 147 Å². The monoisotopic (exact) mass is 663 g/mol. The highest BCUT2D eigenvalue weighted by Crippen LogP contribution is 2.55. The third-order valence-electron chi connectivity index (χ3n) is 11.3. The number of fused-ring (bicyclic) bond motifs is 9. The highest BCUT2D eigenvalue weighted by Gasteiger charge is 2.40. The normalized spacial score (nSPS) is 13.3. The molecule has 3 heterocycles. The minimum Gasteiger partial charge on any atom is -0.308 e. The second kappa shape index (κ2) is 10.7. The first-order chi connectivity index (χ1) is 25.6. The molecule has 1 aliphatic rings. The van der Waals surface area contributed by atoms with Crippen molar-refractivity contribution in [2.24, 2.45) is 0 Å². The third-order valence-corrected chi connectivity index (χ3v) is 11.3. The van der Waals surface area contributed by atoms with E-state index in [2.05, 4.69) is 170 Å². The van der Waals surface area contributed by atoms with Crippen LogP contribution in [-0.2, 0) is 5.41 Å². The van der Waals surface area contributed by atoms with Gasteiger partial charge in [-0.3, -0.25) is 0 Å². The van der Waals surface area contributed by atoms with Crippen LogP contribution in [-0.4, -0.2) is 14.4 Å². The first-order valence-corrected chi connectivity index (χ1v) is 18.0. The second-order valence-electron chi connectivity index (χ2n) is 14.6. The molecular formula is C49H33N3. The molecule has 52 heavy (non-hydrogen) atoms. The van der Waals surface area contributed by atoms with Crippen molar-refractivity contribution in [1.82, 2.24) is 14.4 Å². The molecule has 0 N–H and O–H groups in total. The van der Waals surface area contributed by atoms with E-state index in [1.54, 1.807) is 0 Å². The molecule has 244 valence electrons. The van der Waals surface area contributed by atoms with Crippen LogP contribution in [0.3, 0.4) is 0 Å². The fourth-order valence-electron chi connectivity index (χ4n) is 9.14. The van der Waals surface area contributed by atoms with E-state index in [0.29, 0.717) is 0 Å². The summed E-state index contributed by atoms with van der Waals surface area (Å²) in [6, 6.07) is 59.0. The molecule has 0 saturated heterocycles. The highest BCUT2D eigenvalue weighted by atomic mass is 14.9. The molecular weight excluding hydrogens is 631 g/mol. The molecule has 0 aliphatic heterocycles. The smallest absolute Gasteiger partial charge is 0.160 e. The van der Waals surface area contributed by atoms with Crippen molar-refractivity contribution in [3.63, 3.8) is 0 Å². The van der Waals surface area contributed by atoms with Gasteiger partial charge in [0, 0.05) is 43.7 Å². The molecule has 0 spiro atoms. The Kier molecular flexibility index (Phi) is 6.01. The fraction of sp³-hybridized carbons (Fsp3) is 0.0612. The van der Waals surface area contributed by atoms with E-state index >= 15 is 0 Å². The molecule has 0 saturated carbocycles. The maximum absolute atomic E-state index is 5.28. The van der Waals surface area contributed by atoms with Gasteiger partial charge in [0.1, 0.15) is 0 Å². The lowest BCUT2D eigenvalue weighted by Crippen LogP contribution is -2.17. The standard InChI is InChI=1S/C49H33N3/c1-49(2)45-33(32-27-39-34-19-9-11-25-43(34)52-44-26-12-10-20-35(44)40(28-32)47(39)52)21-13-22-36(45)37-23-14-24-38(46(37)49)42-29-41(30-15-5-3-6-16-30)50-48(51-42)31-17-7-4-8-18-31/h3-29H,1-2H3. The van der Waals surface area contributed by atoms with Crippen LogP contribution in [0.1, 0.15) is 25.0 Å². The van der Waals surface area contributed by atoms with Crippen LogP contribution in [0.2, 0.25) is 0 Å². The first kappa shape index (κ1) is 29.2. The zero-order chi connectivity index (χ0) is 34.6. The number of hydrogen-bond acceptors (Lipinski definition) is 2. The second-order valence-corrected chi connectivity index (χ2v) is 14.6. The lowest BCUT2D eigenvalue weighted by Gasteiger charge is -2.27. The average Bonchev–Trinajstić information content (AvgIpc) is 3.81. The summed E-state index contributed by atoms with van der Waals surface area (Å²) in [5, 5.41) is 5.18. The summed E-state index contributed by atoms with van der Waals surface area (Å²) in [6.07, 6.45) is 0. The van der Waals surface area contributed by atoms with E-state index in [0.717, 1.165) is 33.9 Å². The van der Waals surface area contributed by atoms with Gasteiger partial charge in [0.25, 0.3) is 0 Å². The largest absolute Gasteiger partial charge is 0.308 e. The predicted octanol–water partition coefficient (Wildman–Crippen LogP) is 12.6. The van der Waals surface area contributed by atoms with Crippen molar-refractivity contribution in [2.75, 3.05) is 0 Å². The number of aromatic nitrogens is 3. The summed E-state index contributed by atoms with van der Waals surface area (Å²) in [4.78, 5) is 10.4. The molecule has 0 atom stereocenters. The van der Waals surface area contributed by atoms with Crippen molar-refractivity contribution in [3.8, 4) is 56.2 Å². The Bertz CT molecular complexity index is 2880. The third kappa shape index (κ3) is 4.02. The van der Waals surface area contributed by atoms with E-state index in [9.17, 15) is 0 Å². The van der Waals surface area contributed by atoms with Crippen LogP contribution >= 0.6 is 0 Å². The predicted molar refractivity (Wildman–Crippen MR) is 216 cm³/mol. The van der Waals surface area contributed by atoms with E-state index in [-0.39, 0.29) is 5.41 Å². The van der Waals surface area contributed by atoms with Gasteiger partial charge in [0.05, 0.1) is 27.9 Å². The molecule has 11 rings (SSSR count). The topological polar surface area (TPSA) is 30.2 Å². The van der Waals surface area contributed by atoms with Crippen LogP contribution in [0, 0.1) is 0 Å². The summed E-state index contributed by atoms with van der Waals surface area (Å²) in [6.45, 7) is 4.78. The van der Waals surface area contributed by atoms with Crippen molar-refractivity contribution in [1.29, 1.82) is 0 Å². The Hall–Kier alpha value is -6.58. The van der Waals surface area contributed by atoms with E-state index in [4.69, 9.17) is 9.97 Å². The van der Waals surface area contributed by atoms with Crippen LogP contribution in [0.25, 0.3) is 94.3 Å². The molecule has 3 heteroatoms. The quantitative estimate of drug-likeness (QED) is 0.188. The van der Waals surface area contributed by atoms with Gasteiger partial charge in [-0.25, -0.2) is 9.97 Å². The molecule has 10 aromatic rings. The molecule has 0 radical (unpaired) electrons. The molecule has 0 fully saturated rings. The zero-order valence-electron chi connectivity index (χ0n) is 28.9. The Labute approximate surface area is 301 Å². The van der Waals surface area contributed by atoms with Gasteiger partial charge in [-0.2, -0.15) is 0 Å². The Balaban J connectivity index is 1.14. The van der Waals surface area contributed by atoms with Crippen molar-refractivity contribution < 1.29 is 0 Å². The van der Waals surface area contributed by atoms with E-state index < -0.39 is 0 Å². The van der Waals surface area contributed by atoms with Crippen LogP contribution in [0.4, 0.5) is 0 Å². The Morgan fingerprint density at radius 1 is 0.404 bits per heavy atom. The maximum atomic E-state index is 5.28. The van der Waals surface area contributed by atoms with Crippen LogP contribution < -0.4 is 0 Å². The summed E-state index contributed by atoms with van der Waals surface area (Å²) < 4.78 is 2.45.